The lowest BCUT2D eigenvalue weighted by atomic mass is 10.0. The Morgan fingerprint density at radius 1 is 1.19 bits per heavy atom. The second-order valence-corrected chi connectivity index (χ2v) is 6.83. The van der Waals surface area contributed by atoms with Gasteiger partial charge in [-0.2, -0.15) is 0 Å². The van der Waals surface area contributed by atoms with E-state index in [0.717, 1.165) is 5.56 Å². The predicted molar refractivity (Wildman–Crippen MR) is 104 cm³/mol. The second-order valence-electron chi connectivity index (χ2n) is 5.92. The molecule has 0 radical (unpaired) electrons. The van der Waals surface area contributed by atoms with Crippen molar-refractivity contribution in [1.29, 1.82) is 0 Å². The van der Waals surface area contributed by atoms with E-state index in [4.69, 9.17) is 14.2 Å². The molecule has 1 N–H and O–H groups in total. The van der Waals surface area contributed by atoms with Crippen molar-refractivity contribution in [3.05, 3.63) is 46.2 Å². The van der Waals surface area contributed by atoms with Gasteiger partial charge in [0.25, 0.3) is 0 Å². The van der Waals surface area contributed by atoms with E-state index < -0.39 is 12.1 Å². The van der Waals surface area contributed by atoms with Crippen LogP contribution in [-0.2, 0) is 4.74 Å². The molecule has 0 spiro atoms. The lowest BCUT2D eigenvalue weighted by molar-refractivity contribution is 0.0602. The van der Waals surface area contributed by atoms with Crippen molar-refractivity contribution in [2.75, 3.05) is 34.9 Å². The lowest BCUT2D eigenvalue weighted by Crippen LogP contribution is -2.25. The number of hydrogen-bond donors (Lipinski definition) is 1. The molecule has 1 aromatic heterocycles. The number of carbonyl (C=O) groups excluding carboxylic acids is 2. The molecule has 1 unspecified atom stereocenters. The van der Waals surface area contributed by atoms with Gasteiger partial charge in [-0.25, -0.2) is 9.59 Å². The summed E-state index contributed by atoms with van der Waals surface area (Å²) < 4.78 is 15.7. The van der Waals surface area contributed by atoms with Crippen LogP contribution in [-0.4, -0.2) is 51.8 Å². The van der Waals surface area contributed by atoms with Crippen molar-refractivity contribution in [2.24, 2.45) is 0 Å². The normalized spacial score (nSPS) is 11.6. The maximum Gasteiger partial charge on any atom is 0.414 e. The zero-order chi connectivity index (χ0) is 19.8. The molecule has 0 aliphatic heterocycles. The summed E-state index contributed by atoms with van der Waals surface area (Å²) in [5.74, 6) is 0.630. The molecule has 1 amide bonds. The molecule has 27 heavy (non-hydrogen) atoms. The summed E-state index contributed by atoms with van der Waals surface area (Å²) in [4.78, 5) is 25.1. The zero-order valence-corrected chi connectivity index (χ0v) is 16.7. The summed E-state index contributed by atoms with van der Waals surface area (Å²) >= 11 is 1.29. The van der Waals surface area contributed by atoms with Gasteiger partial charge < -0.3 is 24.4 Å². The van der Waals surface area contributed by atoms with E-state index in [0.29, 0.717) is 29.4 Å². The number of ether oxygens (including phenoxy) is 3. The van der Waals surface area contributed by atoms with Gasteiger partial charge in [-0.15, -0.1) is 11.3 Å². The topological polar surface area (TPSA) is 77.1 Å². The lowest BCUT2D eigenvalue weighted by Gasteiger charge is -2.18. The summed E-state index contributed by atoms with van der Waals surface area (Å²) in [7, 11) is 6.48. The highest BCUT2D eigenvalue weighted by molar-refractivity contribution is 7.12. The molecular weight excluding hydrogens is 368 g/mol. The van der Waals surface area contributed by atoms with Gasteiger partial charge in [0.15, 0.2) is 4.88 Å². The number of nitrogens with one attached hydrogen (secondary N) is 1. The van der Waals surface area contributed by atoms with E-state index in [1.165, 1.54) is 23.3 Å². The highest BCUT2D eigenvalue weighted by Gasteiger charge is 2.16. The third kappa shape index (κ3) is 5.70. The van der Waals surface area contributed by atoms with Crippen LogP contribution in [0.1, 0.15) is 27.7 Å². The van der Waals surface area contributed by atoms with Crippen LogP contribution in [0.4, 0.5) is 4.79 Å². The summed E-state index contributed by atoms with van der Waals surface area (Å²) in [6.45, 7) is 0.434. The maximum absolute atomic E-state index is 11.7. The Labute approximate surface area is 162 Å². The van der Waals surface area contributed by atoms with E-state index in [1.807, 2.05) is 19.2 Å². The molecule has 0 fully saturated rings. The minimum atomic E-state index is -0.418. The fourth-order valence-corrected chi connectivity index (χ4v) is 3.13. The minimum Gasteiger partial charge on any atom is -0.492 e. The van der Waals surface area contributed by atoms with Crippen LogP contribution in [0.5, 0.6) is 11.5 Å². The molecule has 146 valence electrons. The van der Waals surface area contributed by atoms with E-state index in [1.54, 1.807) is 37.7 Å². The maximum atomic E-state index is 11.7. The van der Waals surface area contributed by atoms with Crippen LogP contribution in [0.25, 0.3) is 0 Å². The molecule has 0 saturated carbocycles. The van der Waals surface area contributed by atoms with Crippen LogP contribution in [0, 0.1) is 0 Å². The number of carbonyl (C=O) groups is 2. The number of thiophene rings is 1. The van der Waals surface area contributed by atoms with Gasteiger partial charge in [-0.1, -0.05) is 12.1 Å². The van der Waals surface area contributed by atoms with Crippen molar-refractivity contribution < 1.29 is 23.8 Å². The van der Waals surface area contributed by atoms with Gasteiger partial charge in [0.2, 0.25) is 0 Å². The first-order valence-electron chi connectivity index (χ1n) is 8.41. The molecule has 0 saturated heterocycles. The third-order valence-corrected chi connectivity index (χ3v) is 4.74. The Morgan fingerprint density at radius 3 is 2.48 bits per heavy atom. The van der Waals surface area contributed by atoms with Crippen molar-refractivity contribution in [2.45, 2.75) is 12.5 Å². The Bertz CT molecular complexity index is 758. The van der Waals surface area contributed by atoms with Crippen molar-refractivity contribution in [1.82, 2.24) is 10.2 Å². The molecule has 2 aromatic rings. The summed E-state index contributed by atoms with van der Waals surface area (Å²) in [5, 5.41) is 5.04. The Hall–Kier alpha value is -2.58. The van der Waals surface area contributed by atoms with Crippen molar-refractivity contribution >= 4 is 23.4 Å². The summed E-state index contributed by atoms with van der Waals surface area (Å²) in [6.07, 6.45) is 0.280. The molecule has 1 aromatic carbocycles. The SMILES string of the molecule is CNC(CCOc1ccsc1C(=O)OC)c1ccc(OC(=O)N(C)C)cc1. The first kappa shape index (κ1) is 20.7. The number of hydrogen-bond acceptors (Lipinski definition) is 7. The zero-order valence-electron chi connectivity index (χ0n) is 15.9. The first-order valence-corrected chi connectivity index (χ1v) is 9.29. The highest BCUT2D eigenvalue weighted by Crippen LogP contribution is 2.27. The molecule has 1 atom stereocenters. The van der Waals surface area contributed by atoms with Gasteiger partial charge >= 0.3 is 12.1 Å². The molecule has 7 nitrogen and oxygen atoms in total. The fraction of sp³-hybridized carbons (Fsp3) is 0.368. The average molecular weight is 392 g/mol. The van der Waals surface area contributed by atoms with Crippen LogP contribution in [0.3, 0.4) is 0 Å². The Balaban J connectivity index is 1.92. The number of methoxy groups -OCH3 is 1. The quantitative estimate of drug-likeness (QED) is 0.695. The molecule has 0 bridgehead atoms. The molecule has 8 heteroatoms. The van der Waals surface area contributed by atoms with Gasteiger partial charge in [0.05, 0.1) is 13.7 Å². The van der Waals surface area contributed by atoms with Crippen LogP contribution in [0.15, 0.2) is 35.7 Å². The van der Waals surface area contributed by atoms with Gasteiger partial charge in [-0.3, -0.25) is 0 Å². The minimum absolute atomic E-state index is 0.0591. The molecule has 0 aliphatic carbocycles. The predicted octanol–water partition coefficient (Wildman–Crippen LogP) is 3.32. The van der Waals surface area contributed by atoms with Crippen molar-refractivity contribution in [3.63, 3.8) is 0 Å². The van der Waals surface area contributed by atoms with E-state index in [9.17, 15) is 9.59 Å². The molecular formula is C19H24N2O5S. The molecule has 2 rings (SSSR count). The number of esters is 1. The fourth-order valence-electron chi connectivity index (χ4n) is 2.38. The standard InChI is InChI=1S/C19H24N2O5S/c1-20-15(9-11-25-16-10-12-27-17(16)18(22)24-4)13-5-7-14(8-6-13)26-19(23)21(2)3/h5-8,10,12,15,20H,9,11H2,1-4H3. The molecule has 1 heterocycles. The number of nitrogens with zero attached hydrogens (tertiary/aromatic N) is 1. The Morgan fingerprint density at radius 2 is 1.89 bits per heavy atom. The van der Waals surface area contributed by atoms with E-state index in [2.05, 4.69) is 5.32 Å². The van der Waals surface area contributed by atoms with E-state index in [-0.39, 0.29) is 6.04 Å². The summed E-state index contributed by atoms with van der Waals surface area (Å²) in [6, 6.07) is 9.16. The Kier molecular flexibility index (Phi) is 7.63. The average Bonchev–Trinajstić information content (AvgIpc) is 3.14. The van der Waals surface area contributed by atoms with Gasteiger partial charge in [0.1, 0.15) is 11.5 Å². The van der Waals surface area contributed by atoms with Crippen molar-refractivity contribution in [3.8, 4) is 11.5 Å². The van der Waals surface area contributed by atoms with Crippen LogP contribution >= 0.6 is 11.3 Å². The second kappa shape index (κ2) is 9.94. The smallest absolute Gasteiger partial charge is 0.414 e. The van der Waals surface area contributed by atoms with Gasteiger partial charge in [0, 0.05) is 26.6 Å². The number of benzene rings is 1. The largest absolute Gasteiger partial charge is 0.492 e. The van der Waals surface area contributed by atoms with Crippen LogP contribution < -0.4 is 14.8 Å². The monoisotopic (exact) mass is 392 g/mol. The van der Waals surface area contributed by atoms with Crippen LogP contribution in [0.2, 0.25) is 0 Å². The van der Waals surface area contributed by atoms with Gasteiger partial charge in [-0.05, 0) is 36.2 Å². The third-order valence-electron chi connectivity index (χ3n) is 3.87. The number of rotatable bonds is 8. The summed E-state index contributed by atoms with van der Waals surface area (Å²) in [5.41, 5.74) is 1.05. The number of amides is 1. The van der Waals surface area contributed by atoms with E-state index >= 15 is 0 Å². The highest BCUT2D eigenvalue weighted by atomic mass is 32.1. The molecule has 0 aliphatic rings. The first-order chi connectivity index (χ1) is 13.0.